The van der Waals surface area contributed by atoms with Crippen LogP contribution in [-0.4, -0.2) is 26.5 Å². The second kappa shape index (κ2) is 8.95. The van der Waals surface area contributed by atoms with Crippen LogP contribution in [0.1, 0.15) is 65.3 Å². The Hall–Kier alpha value is -3.41. The van der Waals surface area contributed by atoms with Gasteiger partial charge in [-0.2, -0.15) is 0 Å². The highest BCUT2D eigenvalue weighted by Gasteiger charge is 2.20. The van der Waals surface area contributed by atoms with Crippen LogP contribution in [0.2, 0.25) is 0 Å². The first-order valence-corrected chi connectivity index (χ1v) is 10.1. The van der Waals surface area contributed by atoms with Crippen LogP contribution in [0.4, 0.5) is 0 Å². The lowest BCUT2D eigenvalue weighted by atomic mass is 9.99. The number of rotatable bonds is 8. The van der Waals surface area contributed by atoms with Crippen molar-refractivity contribution in [1.82, 2.24) is 9.13 Å². The molecule has 0 amide bonds. The lowest BCUT2D eigenvalue weighted by Gasteiger charge is -2.10. The van der Waals surface area contributed by atoms with Gasteiger partial charge in [0.1, 0.15) is 5.69 Å². The zero-order chi connectivity index (χ0) is 21.8. The second-order valence-electron chi connectivity index (χ2n) is 7.58. The highest BCUT2D eigenvalue weighted by Crippen LogP contribution is 2.24. The maximum absolute atomic E-state index is 13.0. The van der Waals surface area contributed by atoms with Crippen molar-refractivity contribution in [2.24, 2.45) is 0 Å². The molecule has 0 radical (unpaired) electrons. The molecule has 1 heterocycles. The Morgan fingerprint density at radius 3 is 2.33 bits per heavy atom. The fraction of sp³-hybridized carbons (Fsp3) is 0.292. The summed E-state index contributed by atoms with van der Waals surface area (Å²) in [5, 5.41) is 9.42. The molecule has 0 spiro atoms. The van der Waals surface area contributed by atoms with E-state index in [2.05, 4.69) is 0 Å². The number of hydrogen-bond donors (Lipinski definition) is 1. The third-order valence-corrected chi connectivity index (χ3v) is 5.20. The molecule has 6 nitrogen and oxygen atoms in total. The first-order chi connectivity index (χ1) is 14.4. The van der Waals surface area contributed by atoms with Gasteiger partial charge in [0.05, 0.1) is 17.8 Å². The van der Waals surface area contributed by atoms with Gasteiger partial charge in [-0.25, -0.2) is 9.59 Å². The van der Waals surface area contributed by atoms with Crippen molar-refractivity contribution in [3.63, 3.8) is 0 Å². The molecule has 0 fully saturated rings. The number of carbonyl (C=O) groups excluding carboxylic acids is 1. The highest BCUT2D eigenvalue weighted by atomic mass is 16.4. The van der Waals surface area contributed by atoms with E-state index in [1.165, 1.54) is 0 Å². The number of carbonyl (C=O) groups is 2. The number of aldehydes is 1. The Labute approximate surface area is 175 Å². The molecule has 1 N–H and O–H groups in total. The molecule has 0 aliphatic heterocycles. The van der Waals surface area contributed by atoms with Crippen molar-refractivity contribution >= 4 is 12.3 Å². The molecule has 2 aromatic carbocycles. The van der Waals surface area contributed by atoms with Crippen LogP contribution in [0, 0.1) is 0 Å². The predicted molar refractivity (Wildman–Crippen MR) is 116 cm³/mol. The molecule has 156 valence electrons. The Morgan fingerprint density at radius 1 is 1.10 bits per heavy atom. The summed E-state index contributed by atoms with van der Waals surface area (Å²) < 4.78 is 3.23. The van der Waals surface area contributed by atoms with Gasteiger partial charge in [0.25, 0.3) is 0 Å². The summed E-state index contributed by atoms with van der Waals surface area (Å²) in [5.41, 5.74) is 3.62. The minimum atomic E-state index is -0.971. The molecular weight excluding hydrogens is 380 g/mol. The van der Waals surface area contributed by atoms with Gasteiger partial charge < -0.3 is 5.11 Å². The minimum Gasteiger partial charge on any atom is -0.478 e. The molecule has 0 bridgehead atoms. The van der Waals surface area contributed by atoms with E-state index in [0.29, 0.717) is 24.2 Å². The van der Waals surface area contributed by atoms with E-state index in [-0.39, 0.29) is 17.3 Å². The van der Waals surface area contributed by atoms with Gasteiger partial charge in [0, 0.05) is 6.04 Å². The van der Waals surface area contributed by atoms with E-state index in [9.17, 15) is 19.5 Å². The third-order valence-electron chi connectivity index (χ3n) is 5.20. The SMILES string of the molecule is CCCc1c(C=O)n(C(C)C)c(=O)n1Cc1ccc(-c2ccccc2C(=O)O)cc1. The number of aromatic nitrogens is 2. The molecule has 6 heteroatoms. The number of carboxylic acids is 1. The quantitative estimate of drug-likeness (QED) is 0.562. The average molecular weight is 406 g/mol. The molecule has 3 rings (SSSR count). The van der Waals surface area contributed by atoms with E-state index in [0.717, 1.165) is 29.5 Å². The molecular formula is C24H26N2O4. The van der Waals surface area contributed by atoms with Crippen molar-refractivity contribution in [2.45, 2.75) is 46.2 Å². The summed E-state index contributed by atoms with van der Waals surface area (Å²) >= 11 is 0. The molecule has 1 aromatic heterocycles. The van der Waals surface area contributed by atoms with Crippen molar-refractivity contribution in [1.29, 1.82) is 0 Å². The summed E-state index contributed by atoms with van der Waals surface area (Å²) in [6.07, 6.45) is 2.25. The Bertz CT molecular complexity index is 1120. The summed E-state index contributed by atoms with van der Waals surface area (Å²) in [6, 6.07) is 14.3. The standard InChI is InChI=1S/C24H26N2O4/c1-4-7-21-22(15-27)26(16(2)3)24(30)25(21)14-17-10-12-18(13-11-17)19-8-5-6-9-20(19)23(28)29/h5-6,8-13,15-16H,4,7,14H2,1-3H3,(H,28,29). The van der Waals surface area contributed by atoms with Crippen molar-refractivity contribution < 1.29 is 14.7 Å². The Balaban J connectivity index is 2.00. The van der Waals surface area contributed by atoms with Crippen LogP contribution >= 0.6 is 0 Å². The van der Waals surface area contributed by atoms with Crippen LogP contribution in [-0.2, 0) is 13.0 Å². The van der Waals surface area contributed by atoms with Crippen molar-refractivity contribution in [3.05, 3.63) is 81.5 Å². The molecule has 30 heavy (non-hydrogen) atoms. The number of carboxylic acid groups (broad SMARTS) is 1. The highest BCUT2D eigenvalue weighted by molar-refractivity contribution is 5.96. The average Bonchev–Trinajstić information content (AvgIpc) is 3.00. The number of aromatic carboxylic acids is 1. The van der Waals surface area contributed by atoms with Gasteiger partial charge in [-0.3, -0.25) is 13.9 Å². The van der Waals surface area contributed by atoms with Crippen LogP contribution < -0.4 is 5.69 Å². The summed E-state index contributed by atoms with van der Waals surface area (Å²) in [6.45, 7) is 6.16. The van der Waals surface area contributed by atoms with Crippen LogP contribution in [0.25, 0.3) is 11.1 Å². The number of imidazole rings is 1. The molecule has 0 aliphatic rings. The topological polar surface area (TPSA) is 81.3 Å². The molecule has 3 aromatic rings. The molecule has 0 saturated carbocycles. The van der Waals surface area contributed by atoms with E-state index >= 15 is 0 Å². The fourth-order valence-corrected chi connectivity index (χ4v) is 3.81. The first-order valence-electron chi connectivity index (χ1n) is 10.1. The van der Waals surface area contributed by atoms with Crippen molar-refractivity contribution in [2.75, 3.05) is 0 Å². The summed E-state index contributed by atoms with van der Waals surface area (Å²) in [4.78, 5) is 36.2. The van der Waals surface area contributed by atoms with Crippen LogP contribution in [0.5, 0.6) is 0 Å². The maximum Gasteiger partial charge on any atom is 0.336 e. The number of hydrogen-bond acceptors (Lipinski definition) is 3. The normalized spacial score (nSPS) is 11.1. The second-order valence-corrected chi connectivity index (χ2v) is 7.58. The molecule has 0 saturated heterocycles. The molecule has 0 aliphatic carbocycles. The zero-order valence-electron chi connectivity index (χ0n) is 17.5. The lowest BCUT2D eigenvalue weighted by Crippen LogP contribution is -2.27. The smallest absolute Gasteiger partial charge is 0.336 e. The predicted octanol–water partition coefficient (Wildman–Crippen LogP) is 4.41. The largest absolute Gasteiger partial charge is 0.478 e. The lowest BCUT2D eigenvalue weighted by molar-refractivity contribution is 0.0697. The third kappa shape index (κ3) is 3.99. The minimum absolute atomic E-state index is 0.107. The van der Waals surface area contributed by atoms with Gasteiger partial charge >= 0.3 is 11.7 Å². The Kier molecular flexibility index (Phi) is 6.35. The van der Waals surface area contributed by atoms with Crippen LogP contribution in [0.3, 0.4) is 0 Å². The Morgan fingerprint density at radius 2 is 1.77 bits per heavy atom. The van der Waals surface area contributed by atoms with Gasteiger partial charge in [0.15, 0.2) is 6.29 Å². The van der Waals surface area contributed by atoms with Gasteiger partial charge in [-0.15, -0.1) is 0 Å². The zero-order valence-corrected chi connectivity index (χ0v) is 17.5. The van der Waals surface area contributed by atoms with Gasteiger partial charge in [-0.1, -0.05) is 55.8 Å². The van der Waals surface area contributed by atoms with Crippen molar-refractivity contribution in [3.8, 4) is 11.1 Å². The summed E-state index contributed by atoms with van der Waals surface area (Å²) in [7, 11) is 0. The van der Waals surface area contributed by atoms with Gasteiger partial charge in [-0.05, 0) is 43.0 Å². The number of nitrogens with zero attached hydrogens (tertiary/aromatic N) is 2. The van der Waals surface area contributed by atoms with Crippen LogP contribution in [0.15, 0.2) is 53.3 Å². The number of benzene rings is 2. The van der Waals surface area contributed by atoms with E-state index in [1.54, 1.807) is 27.3 Å². The molecule has 0 atom stereocenters. The van der Waals surface area contributed by atoms with Gasteiger partial charge in [0.2, 0.25) is 0 Å². The van der Waals surface area contributed by atoms with E-state index in [4.69, 9.17) is 0 Å². The fourth-order valence-electron chi connectivity index (χ4n) is 3.81. The van der Waals surface area contributed by atoms with E-state index in [1.807, 2.05) is 51.1 Å². The summed E-state index contributed by atoms with van der Waals surface area (Å²) in [5.74, 6) is -0.971. The van der Waals surface area contributed by atoms with E-state index < -0.39 is 5.97 Å². The molecule has 0 unspecified atom stereocenters. The first kappa shape index (κ1) is 21.3. The monoisotopic (exact) mass is 406 g/mol. The maximum atomic E-state index is 13.0.